The van der Waals surface area contributed by atoms with Gasteiger partial charge in [-0.1, -0.05) is 5.16 Å². The summed E-state index contributed by atoms with van der Waals surface area (Å²) >= 11 is 0. The lowest BCUT2D eigenvalue weighted by Crippen LogP contribution is -2.40. The summed E-state index contributed by atoms with van der Waals surface area (Å²) < 4.78 is 5.02. The number of carbonyl (C=O) groups excluding carboxylic acids is 1. The van der Waals surface area contributed by atoms with E-state index < -0.39 is 0 Å². The molecule has 3 heterocycles. The third-order valence-electron chi connectivity index (χ3n) is 3.28. The van der Waals surface area contributed by atoms with Gasteiger partial charge in [0.05, 0.1) is 6.10 Å². The third-order valence-corrected chi connectivity index (χ3v) is 3.28. The smallest absolute Gasteiger partial charge is 0.316 e. The molecule has 1 N–H and O–H groups in total. The molecule has 1 amide bonds. The monoisotopic (exact) mass is 274 g/mol. The minimum absolute atomic E-state index is 0.0276. The first-order chi connectivity index (χ1) is 9.74. The van der Waals surface area contributed by atoms with Crippen molar-refractivity contribution in [1.29, 1.82) is 0 Å². The molecule has 2 aromatic heterocycles. The van der Waals surface area contributed by atoms with Crippen molar-refractivity contribution >= 4 is 5.91 Å². The van der Waals surface area contributed by atoms with Crippen molar-refractivity contribution in [3.63, 3.8) is 0 Å². The van der Waals surface area contributed by atoms with Crippen LogP contribution in [0.5, 0.6) is 0 Å². The highest BCUT2D eigenvalue weighted by atomic mass is 16.5. The molecule has 0 aromatic carbocycles. The summed E-state index contributed by atoms with van der Waals surface area (Å²) in [5.74, 6) is 0.0262. The molecule has 0 atom stereocenters. The molecule has 7 nitrogen and oxygen atoms in total. The lowest BCUT2D eigenvalue weighted by molar-refractivity contribution is 0.0505. The zero-order chi connectivity index (χ0) is 13.9. The van der Waals surface area contributed by atoms with E-state index in [4.69, 9.17) is 4.52 Å². The number of rotatable bonds is 2. The molecule has 3 rings (SSSR count). The van der Waals surface area contributed by atoms with Gasteiger partial charge in [0.15, 0.2) is 0 Å². The number of aliphatic hydroxyl groups is 1. The molecule has 1 aliphatic heterocycles. The maximum atomic E-state index is 12.2. The number of aromatic nitrogens is 3. The molecular weight excluding hydrogens is 260 g/mol. The Kier molecular flexibility index (Phi) is 3.42. The Morgan fingerprint density at radius 3 is 2.90 bits per heavy atom. The molecule has 104 valence electrons. The van der Waals surface area contributed by atoms with Gasteiger partial charge in [-0.05, 0) is 25.0 Å². The molecule has 1 aliphatic rings. The Hall–Kier alpha value is -2.28. The van der Waals surface area contributed by atoms with Gasteiger partial charge in [0, 0.05) is 31.0 Å². The van der Waals surface area contributed by atoms with Gasteiger partial charge in [-0.2, -0.15) is 4.98 Å². The molecule has 0 spiro atoms. The predicted octanol–water partition coefficient (Wildman–Crippen LogP) is 0.728. The van der Waals surface area contributed by atoms with E-state index in [9.17, 15) is 9.90 Å². The highest BCUT2D eigenvalue weighted by Crippen LogP contribution is 2.16. The van der Waals surface area contributed by atoms with E-state index in [2.05, 4.69) is 15.1 Å². The van der Waals surface area contributed by atoms with Crippen molar-refractivity contribution in [1.82, 2.24) is 20.0 Å². The molecule has 0 bridgehead atoms. The van der Waals surface area contributed by atoms with Crippen molar-refractivity contribution in [3.8, 4) is 11.4 Å². The molecule has 0 radical (unpaired) electrons. The van der Waals surface area contributed by atoms with Crippen LogP contribution in [0.2, 0.25) is 0 Å². The Morgan fingerprint density at radius 1 is 1.40 bits per heavy atom. The molecule has 2 aromatic rings. The first-order valence-corrected chi connectivity index (χ1v) is 6.45. The van der Waals surface area contributed by atoms with Crippen molar-refractivity contribution in [2.45, 2.75) is 18.9 Å². The van der Waals surface area contributed by atoms with Crippen molar-refractivity contribution in [2.75, 3.05) is 13.1 Å². The Balaban J connectivity index is 1.75. The van der Waals surface area contributed by atoms with E-state index in [1.807, 2.05) is 0 Å². The fourth-order valence-electron chi connectivity index (χ4n) is 2.13. The van der Waals surface area contributed by atoms with Gasteiger partial charge < -0.3 is 14.5 Å². The van der Waals surface area contributed by atoms with E-state index in [0.717, 1.165) is 0 Å². The highest BCUT2D eigenvalue weighted by Gasteiger charge is 2.26. The number of piperidine rings is 1. The minimum Gasteiger partial charge on any atom is -0.393 e. The average molecular weight is 274 g/mol. The summed E-state index contributed by atoms with van der Waals surface area (Å²) in [6, 6.07) is 3.56. The number of amides is 1. The largest absolute Gasteiger partial charge is 0.393 e. The molecule has 1 saturated heterocycles. The van der Waals surface area contributed by atoms with E-state index in [1.165, 1.54) is 0 Å². The Bertz CT molecular complexity index is 591. The zero-order valence-corrected chi connectivity index (χ0v) is 10.8. The van der Waals surface area contributed by atoms with Gasteiger partial charge in [0.25, 0.3) is 0 Å². The molecule has 7 heteroatoms. The van der Waals surface area contributed by atoms with Crippen LogP contribution in [-0.2, 0) is 0 Å². The normalized spacial score (nSPS) is 16.4. The topological polar surface area (TPSA) is 92.3 Å². The summed E-state index contributed by atoms with van der Waals surface area (Å²) in [7, 11) is 0. The fourth-order valence-corrected chi connectivity index (χ4v) is 2.13. The number of carbonyl (C=O) groups is 1. The number of likely N-dealkylation sites (tertiary alicyclic amines) is 1. The van der Waals surface area contributed by atoms with Gasteiger partial charge in [0.1, 0.15) is 0 Å². The van der Waals surface area contributed by atoms with Crippen LogP contribution in [0.4, 0.5) is 0 Å². The summed E-state index contributed by atoms with van der Waals surface area (Å²) in [5.41, 5.74) is 0.698. The number of hydrogen-bond acceptors (Lipinski definition) is 6. The van der Waals surface area contributed by atoms with E-state index in [1.54, 1.807) is 29.4 Å². The summed E-state index contributed by atoms with van der Waals surface area (Å²) in [4.78, 5) is 21.9. The standard InChI is InChI=1S/C13H14N4O3/c18-10-3-6-17(7-4-10)13(19)12-15-11(16-20-12)9-2-1-5-14-8-9/h1-2,5,8,10,18H,3-4,6-7H2. The number of nitrogens with zero attached hydrogens (tertiary/aromatic N) is 4. The number of aliphatic hydroxyl groups excluding tert-OH is 1. The fraction of sp³-hybridized carbons (Fsp3) is 0.385. The average Bonchev–Trinajstić information content (AvgIpc) is 2.98. The molecule has 0 unspecified atom stereocenters. The van der Waals surface area contributed by atoms with Crippen molar-refractivity contribution in [2.24, 2.45) is 0 Å². The second kappa shape index (κ2) is 5.38. The quantitative estimate of drug-likeness (QED) is 0.867. The van der Waals surface area contributed by atoms with Crippen LogP contribution >= 0.6 is 0 Å². The molecule has 20 heavy (non-hydrogen) atoms. The zero-order valence-electron chi connectivity index (χ0n) is 10.8. The van der Waals surface area contributed by atoms with Crippen LogP contribution in [-0.4, -0.2) is 50.2 Å². The first kappa shape index (κ1) is 12.7. The van der Waals surface area contributed by atoms with Gasteiger partial charge in [-0.3, -0.25) is 9.78 Å². The second-order valence-corrected chi connectivity index (χ2v) is 4.69. The molecule has 0 saturated carbocycles. The molecular formula is C13H14N4O3. The van der Waals surface area contributed by atoms with Gasteiger partial charge in [-0.25, -0.2) is 0 Å². The summed E-state index contributed by atoms with van der Waals surface area (Å²) in [5, 5.41) is 13.2. The Labute approximate surface area is 115 Å². The van der Waals surface area contributed by atoms with Crippen LogP contribution in [0, 0.1) is 0 Å². The number of pyridine rings is 1. The lowest BCUT2D eigenvalue weighted by atomic mass is 10.1. The predicted molar refractivity (Wildman–Crippen MR) is 68.7 cm³/mol. The summed E-state index contributed by atoms with van der Waals surface area (Å²) in [6.45, 7) is 1.01. The SMILES string of the molecule is O=C(c1nc(-c2cccnc2)no1)N1CCC(O)CC1. The second-order valence-electron chi connectivity index (χ2n) is 4.69. The first-order valence-electron chi connectivity index (χ1n) is 6.45. The molecule has 1 fully saturated rings. The molecule has 0 aliphatic carbocycles. The van der Waals surface area contributed by atoms with Crippen LogP contribution in [0.3, 0.4) is 0 Å². The van der Waals surface area contributed by atoms with Gasteiger partial charge in [-0.15, -0.1) is 0 Å². The van der Waals surface area contributed by atoms with Gasteiger partial charge >= 0.3 is 11.8 Å². The minimum atomic E-state index is -0.326. The lowest BCUT2D eigenvalue weighted by Gasteiger charge is -2.28. The van der Waals surface area contributed by atoms with Crippen LogP contribution in [0.1, 0.15) is 23.5 Å². The third kappa shape index (κ3) is 2.53. The van der Waals surface area contributed by atoms with Crippen LogP contribution < -0.4 is 0 Å². The van der Waals surface area contributed by atoms with Crippen LogP contribution in [0.25, 0.3) is 11.4 Å². The van der Waals surface area contributed by atoms with Gasteiger partial charge in [0.2, 0.25) is 5.82 Å². The van der Waals surface area contributed by atoms with Crippen molar-refractivity contribution < 1.29 is 14.4 Å². The maximum absolute atomic E-state index is 12.2. The van der Waals surface area contributed by atoms with E-state index in [-0.39, 0.29) is 17.9 Å². The highest BCUT2D eigenvalue weighted by molar-refractivity contribution is 5.90. The van der Waals surface area contributed by atoms with Crippen molar-refractivity contribution in [3.05, 3.63) is 30.4 Å². The number of hydrogen-bond donors (Lipinski definition) is 1. The van der Waals surface area contributed by atoms with Crippen LogP contribution in [0.15, 0.2) is 29.0 Å². The Morgan fingerprint density at radius 2 is 2.20 bits per heavy atom. The van der Waals surface area contributed by atoms with E-state index >= 15 is 0 Å². The summed E-state index contributed by atoms with van der Waals surface area (Å²) in [6.07, 6.45) is 4.09. The maximum Gasteiger partial charge on any atom is 0.316 e. The van der Waals surface area contributed by atoms with E-state index in [0.29, 0.717) is 37.3 Å².